The minimum atomic E-state index is -0.179. The molecule has 2 aromatic rings. The van der Waals surface area contributed by atoms with Gasteiger partial charge in [-0.15, -0.1) is 0 Å². The second-order valence-electron chi connectivity index (χ2n) is 4.52. The quantitative estimate of drug-likeness (QED) is 0.881. The van der Waals surface area contributed by atoms with Crippen molar-refractivity contribution in [1.29, 1.82) is 0 Å². The van der Waals surface area contributed by atoms with E-state index in [9.17, 15) is 5.11 Å². The fourth-order valence-corrected chi connectivity index (χ4v) is 2.45. The molecule has 3 rings (SSSR count). The molecule has 1 aliphatic heterocycles. The van der Waals surface area contributed by atoms with Gasteiger partial charge in [0.2, 0.25) is 0 Å². The van der Waals surface area contributed by atoms with Crippen LogP contribution < -0.4 is 0 Å². The van der Waals surface area contributed by atoms with Crippen LogP contribution in [-0.4, -0.2) is 38.6 Å². The zero-order valence-corrected chi connectivity index (χ0v) is 10.1. The number of likely N-dealkylation sites (tertiary alicyclic amines) is 1. The summed E-state index contributed by atoms with van der Waals surface area (Å²) in [6.07, 6.45) is 4.53. The number of fused-ring (bicyclic) bond motifs is 1. The van der Waals surface area contributed by atoms with Crippen molar-refractivity contribution in [3.8, 4) is 0 Å². The van der Waals surface area contributed by atoms with E-state index in [-0.39, 0.29) is 6.10 Å². The summed E-state index contributed by atoms with van der Waals surface area (Å²) in [5.41, 5.74) is 1.92. The van der Waals surface area contributed by atoms with E-state index in [1.807, 2.05) is 28.9 Å². The predicted octanol–water partition coefficient (Wildman–Crippen LogP) is 1.55. The number of pyridine rings is 1. The lowest BCUT2D eigenvalue weighted by molar-refractivity contribution is 0.174. The smallest absolute Gasteiger partial charge is 0.137 e. The topological polar surface area (TPSA) is 40.8 Å². The summed E-state index contributed by atoms with van der Waals surface area (Å²) >= 11 is 5.93. The normalized spacial score (nSPS) is 21.4. The highest BCUT2D eigenvalue weighted by Crippen LogP contribution is 2.15. The van der Waals surface area contributed by atoms with Crippen LogP contribution in [0.1, 0.15) is 12.1 Å². The number of hydrogen-bond acceptors (Lipinski definition) is 3. The summed E-state index contributed by atoms with van der Waals surface area (Å²) in [7, 11) is 0. The first-order valence-electron chi connectivity index (χ1n) is 5.74. The van der Waals surface area contributed by atoms with E-state index in [0.29, 0.717) is 5.02 Å². The molecule has 5 heteroatoms. The van der Waals surface area contributed by atoms with Crippen molar-refractivity contribution >= 4 is 17.2 Å². The lowest BCUT2D eigenvalue weighted by Gasteiger charge is -2.12. The first-order chi connectivity index (χ1) is 8.20. The second kappa shape index (κ2) is 4.29. The molecule has 1 atom stereocenters. The Hall–Kier alpha value is -1.10. The van der Waals surface area contributed by atoms with Gasteiger partial charge in [0.05, 0.1) is 16.8 Å². The second-order valence-corrected chi connectivity index (χ2v) is 4.96. The zero-order chi connectivity index (χ0) is 11.8. The third kappa shape index (κ3) is 2.29. The monoisotopic (exact) mass is 251 g/mol. The number of hydrogen-bond donors (Lipinski definition) is 1. The van der Waals surface area contributed by atoms with E-state index in [1.54, 1.807) is 0 Å². The molecule has 0 unspecified atom stereocenters. The highest BCUT2D eigenvalue weighted by molar-refractivity contribution is 6.30. The van der Waals surface area contributed by atoms with Crippen molar-refractivity contribution in [2.45, 2.75) is 19.1 Å². The highest BCUT2D eigenvalue weighted by Gasteiger charge is 2.20. The third-order valence-corrected chi connectivity index (χ3v) is 3.32. The Morgan fingerprint density at radius 3 is 3.06 bits per heavy atom. The minimum Gasteiger partial charge on any atom is -0.392 e. The summed E-state index contributed by atoms with van der Waals surface area (Å²) in [4.78, 5) is 6.74. The lowest BCUT2D eigenvalue weighted by Crippen LogP contribution is -2.21. The molecule has 0 spiro atoms. The number of rotatable bonds is 2. The first kappa shape index (κ1) is 11.0. The molecule has 1 N–H and O–H groups in total. The molecule has 1 saturated heterocycles. The zero-order valence-electron chi connectivity index (χ0n) is 9.38. The number of halogens is 1. The van der Waals surface area contributed by atoms with E-state index in [4.69, 9.17) is 11.6 Å². The molecule has 1 aliphatic rings. The van der Waals surface area contributed by atoms with Crippen molar-refractivity contribution in [2.24, 2.45) is 0 Å². The maximum Gasteiger partial charge on any atom is 0.137 e. The van der Waals surface area contributed by atoms with Crippen LogP contribution in [0.15, 0.2) is 24.5 Å². The maximum absolute atomic E-state index is 9.47. The minimum absolute atomic E-state index is 0.179. The van der Waals surface area contributed by atoms with Gasteiger partial charge in [-0.2, -0.15) is 0 Å². The van der Waals surface area contributed by atoms with Crippen LogP contribution in [0.25, 0.3) is 5.65 Å². The highest BCUT2D eigenvalue weighted by atomic mass is 35.5. The number of aliphatic hydroxyl groups excluding tert-OH is 1. The van der Waals surface area contributed by atoms with Crippen LogP contribution in [0.2, 0.25) is 5.02 Å². The van der Waals surface area contributed by atoms with Gasteiger partial charge in [-0.05, 0) is 18.6 Å². The van der Waals surface area contributed by atoms with Crippen molar-refractivity contribution in [1.82, 2.24) is 14.3 Å². The van der Waals surface area contributed by atoms with E-state index in [0.717, 1.165) is 37.4 Å². The fourth-order valence-electron chi connectivity index (χ4n) is 2.28. The SMILES string of the molecule is O[C@H]1CCN(Cc2cn3cc(Cl)ccc3n2)C1. The lowest BCUT2D eigenvalue weighted by atomic mass is 10.3. The number of aliphatic hydroxyl groups is 1. The Morgan fingerprint density at radius 1 is 1.41 bits per heavy atom. The van der Waals surface area contributed by atoms with E-state index in [2.05, 4.69) is 9.88 Å². The summed E-state index contributed by atoms with van der Waals surface area (Å²) in [6, 6.07) is 3.75. The van der Waals surface area contributed by atoms with Gasteiger partial charge in [-0.3, -0.25) is 4.90 Å². The number of nitrogens with zero attached hydrogens (tertiary/aromatic N) is 3. The Bertz CT molecular complexity index is 540. The van der Waals surface area contributed by atoms with Crippen LogP contribution in [0.5, 0.6) is 0 Å². The summed E-state index contributed by atoms with van der Waals surface area (Å²) in [5, 5.41) is 10.2. The van der Waals surface area contributed by atoms with Crippen LogP contribution in [0.3, 0.4) is 0 Å². The van der Waals surface area contributed by atoms with Gasteiger partial charge >= 0.3 is 0 Å². The molecule has 0 amide bonds. The van der Waals surface area contributed by atoms with Crippen LogP contribution >= 0.6 is 11.6 Å². The molecule has 0 aromatic carbocycles. The fraction of sp³-hybridized carbons (Fsp3) is 0.417. The van der Waals surface area contributed by atoms with E-state index >= 15 is 0 Å². The average molecular weight is 252 g/mol. The maximum atomic E-state index is 9.47. The molecule has 0 radical (unpaired) electrons. The molecule has 1 fully saturated rings. The summed E-state index contributed by atoms with van der Waals surface area (Å²) in [6.45, 7) is 2.47. The van der Waals surface area contributed by atoms with Gasteiger partial charge in [0.15, 0.2) is 0 Å². The molecule has 0 bridgehead atoms. The third-order valence-electron chi connectivity index (χ3n) is 3.10. The molecule has 90 valence electrons. The Kier molecular flexibility index (Phi) is 2.78. The van der Waals surface area contributed by atoms with Crippen molar-refractivity contribution < 1.29 is 5.11 Å². The summed E-state index contributed by atoms with van der Waals surface area (Å²) < 4.78 is 1.93. The number of aromatic nitrogens is 2. The Morgan fingerprint density at radius 2 is 2.29 bits per heavy atom. The molecule has 0 saturated carbocycles. The molecular weight excluding hydrogens is 238 g/mol. The van der Waals surface area contributed by atoms with Gasteiger partial charge in [0.1, 0.15) is 5.65 Å². The van der Waals surface area contributed by atoms with Gasteiger partial charge in [0, 0.05) is 32.0 Å². The standard InChI is InChI=1S/C12H14ClN3O/c13-9-1-2-12-14-10(7-16(12)5-9)6-15-4-3-11(17)8-15/h1-2,5,7,11,17H,3-4,6,8H2/t11-/m0/s1. The van der Waals surface area contributed by atoms with Crippen molar-refractivity contribution in [3.05, 3.63) is 35.2 Å². The van der Waals surface area contributed by atoms with E-state index < -0.39 is 0 Å². The average Bonchev–Trinajstić information content (AvgIpc) is 2.84. The van der Waals surface area contributed by atoms with Crippen LogP contribution in [0, 0.1) is 0 Å². The van der Waals surface area contributed by atoms with Crippen molar-refractivity contribution in [2.75, 3.05) is 13.1 Å². The van der Waals surface area contributed by atoms with Gasteiger partial charge in [-0.25, -0.2) is 4.98 Å². The predicted molar refractivity (Wildman–Crippen MR) is 66.1 cm³/mol. The Balaban J connectivity index is 1.81. The molecular formula is C12H14ClN3O. The first-order valence-corrected chi connectivity index (χ1v) is 6.12. The van der Waals surface area contributed by atoms with Crippen LogP contribution in [-0.2, 0) is 6.54 Å². The Labute approximate surface area is 104 Å². The number of β-amino-alcohol motifs (C(OH)–C–C–N with tert-alkyl or cyclic N) is 1. The van der Waals surface area contributed by atoms with Crippen LogP contribution in [0.4, 0.5) is 0 Å². The summed E-state index contributed by atoms with van der Waals surface area (Å²) in [5.74, 6) is 0. The molecule has 0 aliphatic carbocycles. The molecule has 2 aromatic heterocycles. The molecule has 4 nitrogen and oxygen atoms in total. The number of imidazole rings is 1. The van der Waals surface area contributed by atoms with Gasteiger partial charge in [0.25, 0.3) is 0 Å². The largest absolute Gasteiger partial charge is 0.392 e. The molecule has 17 heavy (non-hydrogen) atoms. The van der Waals surface area contributed by atoms with E-state index in [1.165, 1.54) is 0 Å². The van der Waals surface area contributed by atoms with Crippen molar-refractivity contribution in [3.63, 3.8) is 0 Å². The van der Waals surface area contributed by atoms with Gasteiger partial charge < -0.3 is 9.51 Å². The van der Waals surface area contributed by atoms with Gasteiger partial charge in [-0.1, -0.05) is 11.6 Å². The molecule has 3 heterocycles.